The molecule has 0 spiro atoms. The van der Waals surface area contributed by atoms with E-state index in [2.05, 4.69) is 20.3 Å². The SMILES string of the molecule is Cc1nc(C(F)F)c(-c2ccnc(Nc3cccc(Cl)c3)n2)s1. The van der Waals surface area contributed by atoms with E-state index in [1.807, 2.05) is 6.07 Å². The number of aryl methyl sites for hydroxylation is 1. The molecule has 0 bridgehead atoms. The number of nitrogens with zero attached hydrogens (tertiary/aromatic N) is 3. The van der Waals surface area contributed by atoms with Gasteiger partial charge in [-0.1, -0.05) is 17.7 Å². The number of hydrogen-bond acceptors (Lipinski definition) is 5. The minimum atomic E-state index is -2.64. The molecule has 0 saturated carbocycles. The van der Waals surface area contributed by atoms with E-state index in [1.165, 1.54) is 17.5 Å². The van der Waals surface area contributed by atoms with Crippen molar-refractivity contribution in [3.63, 3.8) is 0 Å². The second kappa shape index (κ2) is 6.55. The number of thiazole rings is 1. The normalized spacial score (nSPS) is 11.0. The van der Waals surface area contributed by atoms with E-state index in [1.54, 1.807) is 31.2 Å². The van der Waals surface area contributed by atoms with E-state index in [9.17, 15) is 8.78 Å². The largest absolute Gasteiger partial charge is 0.324 e. The predicted molar refractivity (Wildman–Crippen MR) is 87.6 cm³/mol. The molecule has 23 heavy (non-hydrogen) atoms. The first-order valence-corrected chi connectivity index (χ1v) is 7.84. The first-order valence-electron chi connectivity index (χ1n) is 6.64. The smallest absolute Gasteiger partial charge is 0.281 e. The molecule has 0 aliphatic carbocycles. The molecule has 0 aliphatic heterocycles. The van der Waals surface area contributed by atoms with Gasteiger partial charge in [-0.15, -0.1) is 11.3 Å². The minimum Gasteiger partial charge on any atom is -0.324 e. The summed E-state index contributed by atoms with van der Waals surface area (Å²) < 4.78 is 26.2. The van der Waals surface area contributed by atoms with Crippen LogP contribution in [0.25, 0.3) is 10.6 Å². The topological polar surface area (TPSA) is 50.7 Å². The summed E-state index contributed by atoms with van der Waals surface area (Å²) in [6.45, 7) is 1.69. The lowest BCUT2D eigenvalue weighted by Gasteiger charge is -2.06. The van der Waals surface area contributed by atoms with Gasteiger partial charge in [0.15, 0.2) is 0 Å². The highest BCUT2D eigenvalue weighted by Crippen LogP contribution is 2.35. The van der Waals surface area contributed by atoms with Gasteiger partial charge in [0.25, 0.3) is 6.43 Å². The average molecular weight is 353 g/mol. The van der Waals surface area contributed by atoms with Crippen molar-refractivity contribution in [3.8, 4) is 10.6 Å². The highest BCUT2D eigenvalue weighted by molar-refractivity contribution is 7.15. The number of hydrogen-bond donors (Lipinski definition) is 1. The van der Waals surface area contributed by atoms with Crippen molar-refractivity contribution in [1.29, 1.82) is 0 Å². The molecule has 0 aliphatic rings. The quantitative estimate of drug-likeness (QED) is 0.697. The fraction of sp³-hybridized carbons (Fsp3) is 0.133. The lowest BCUT2D eigenvalue weighted by atomic mass is 10.3. The highest BCUT2D eigenvalue weighted by Gasteiger charge is 2.20. The zero-order chi connectivity index (χ0) is 16.4. The Morgan fingerprint density at radius 3 is 2.78 bits per heavy atom. The van der Waals surface area contributed by atoms with Gasteiger partial charge in [0.2, 0.25) is 5.95 Å². The monoisotopic (exact) mass is 352 g/mol. The summed E-state index contributed by atoms with van der Waals surface area (Å²) >= 11 is 7.11. The van der Waals surface area contributed by atoms with E-state index >= 15 is 0 Å². The van der Waals surface area contributed by atoms with E-state index in [4.69, 9.17) is 11.6 Å². The molecule has 118 valence electrons. The zero-order valence-corrected chi connectivity index (χ0v) is 13.5. The molecule has 1 aromatic carbocycles. The summed E-state index contributed by atoms with van der Waals surface area (Å²) in [4.78, 5) is 12.6. The lowest BCUT2D eigenvalue weighted by molar-refractivity contribution is 0.147. The molecule has 0 saturated heterocycles. The molecule has 2 aromatic heterocycles. The van der Waals surface area contributed by atoms with Gasteiger partial charge in [-0.25, -0.2) is 23.7 Å². The average Bonchev–Trinajstić information content (AvgIpc) is 2.90. The molecule has 0 unspecified atom stereocenters. The maximum absolute atomic E-state index is 13.1. The Hall–Kier alpha value is -2.12. The molecule has 2 heterocycles. The lowest BCUT2D eigenvalue weighted by Crippen LogP contribution is -1.98. The van der Waals surface area contributed by atoms with Gasteiger partial charge in [-0.3, -0.25) is 0 Å². The third-order valence-corrected chi connectivity index (χ3v) is 4.18. The third-order valence-electron chi connectivity index (χ3n) is 2.94. The van der Waals surface area contributed by atoms with Gasteiger partial charge in [-0.05, 0) is 31.2 Å². The fourth-order valence-corrected chi connectivity index (χ4v) is 3.10. The van der Waals surface area contributed by atoms with Gasteiger partial charge < -0.3 is 5.32 Å². The minimum absolute atomic E-state index is 0.250. The molecule has 1 N–H and O–H groups in total. The van der Waals surface area contributed by atoms with Crippen LogP contribution in [0.3, 0.4) is 0 Å². The Balaban J connectivity index is 1.94. The molecule has 4 nitrogen and oxygen atoms in total. The molecule has 0 amide bonds. The molecule has 0 fully saturated rings. The van der Waals surface area contributed by atoms with Crippen molar-refractivity contribution in [2.45, 2.75) is 13.3 Å². The van der Waals surface area contributed by atoms with Crippen LogP contribution in [-0.2, 0) is 0 Å². The van der Waals surface area contributed by atoms with Gasteiger partial charge in [0.05, 0.1) is 15.6 Å². The number of nitrogens with one attached hydrogen (secondary N) is 1. The number of anilines is 2. The van der Waals surface area contributed by atoms with Crippen LogP contribution in [0.5, 0.6) is 0 Å². The van der Waals surface area contributed by atoms with Crippen LogP contribution in [0.4, 0.5) is 20.4 Å². The number of alkyl halides is 2. The summed E-state index contributed by atoms with van der Waals surface area (Å²) in [5, 5.41) is 4.14. The predicted octanol–water partition coefficient (Wildman–Crippen LogP) is 5.24. The van der Waals surface area contributed by atoms with E-state index in [-0.39, 0.29) is 5.69 Å². The fourth-order valence-electron chi connectivity index (χ4n) is 2.02. The Morgan fingerprint density at radius 1 is 1.22 bits per heavy atom. The van der Waals surface area contributed by atoms with E-state index < -0.39 is 6.43 Å². The first kappa shape index (κ1) is 15.8. The van der Waals surface area contributed by atoms with Gasteiger partial charge in [0.1, 0.15) is 5.69 Å². The highest BCUT2D eigenvalue weighted by atomic mass is 35.5. The summed E-state index contributed by atoms with van der Waals surface area (Å²) in [5.74, 6) is 0.302. The Labute approximate surface area is 140 Å². The van der Waals surface area contributed by atoms with Gasteiger partial charge >= 0.3 is 0 Å². The number of aromatic nitrogens is 3. The van der Waals surface area contributed by atoms with Crippen LogP contribution in [0.15, 0.2) is 36.5 Å². The van der Waals surface area contributed by atoms with E-state index in [0.29, 0.717) is 32.2 Å². The Bertz CT molecular complexity index is 838. The van der Waals surface area contributed by atoms with Crippen molar-refractivity contribution < 1.29 is 8.78 Å². The van der Waals surface area contributed by atoms with Crippen molar-refractivity contribution in [1.82, 2.24) is 15.0 Å². The van der Waals surface area contributed by atoms with Crippen LogP contribution in [0, 0.1) is 6.92 Å². The van der Waals surface area contributed by atoms with Crippen LogP contribution >= 0.6 is 22.9 Å². The summed E-state index contributed by atoms with van der Waals surface area (Å²) in [6, 6.07) is 8.65. The van der Waals surface area contributed by atoms with Crippen molar-refractivity contribution >= 4 is 34.6 Å². The summed E-state index contributed by atoms with van der Waals surface area (Å²) in [6.07, 6.45) is -1.13. The van der Waals surface area contributed by atoms with Crippen LogP contribution in [0.1, 0.15) is 17.1 Å². The van der Waals surface area contributed by atoms with Crippen molar-refractivity contribution in [2.75, 3.05) is 5.32 Å². The zero-order valence-electron chi connectivity index (χ0n) is 11.9. The standard InChI is InChI=1S/C15H11ClF2N4S/c1-8-20-12(14(17)18)13(23-8)11-5-6-19-15(22-11)21-10-4-2-3-9(16)7-10/h2-7,14H,1H3,(H,19,21,22). The Morgan fingerprint density at radius 2 is 2.04 bits per heavy atom. The Kier molecular flexibility index (Phi) is 4.49. The maximum Gasteiger partial charge on any atom is 0.281 e. The van der Waals surface area contributed by atoms with Crippen molar-refractivity contribution in [3.05, 3.63) is 52.3 Å². The maximum atomic E-state index is 13.1. The van der Waals surface area contributed by atoms with Crippen LogP contribution in [-0.4, -0.2) is 15.0 Å². The number of rotatable bonds is 4. The second-order valence-corrected chi connectivity index (χ2v) is 6.29. The molecule has 3 aromatic rings. The van der Waals surface area contributed by atoms with Gasteiger partial charge in [0, 0.05) is 16.9 Å². The molecule has 0 radical (unpaired) electrons. The molecule has 3 rings (SSSR count). The number of benzene rings is 1. The molecular weight excluding hydrogens is 342 g/mol. The molecular formula is C15H11ClF2N4S. The molecule has 0 atom stereocenters. The van der Waals surface area contributed by atoms with Crippen molar-refractivity contribution in [2.24, 2.45) is 0 Å². The van der Waals surface area contributed by atoms with Gasteiger partial charge in [-0.2, -0.15) is 0 Å². The van der Waals surface area contributed by atoms with E-state index in [0.717, 1.165) is 0 Å². The van der Waals surface area contributed by atoms with Crippen LogP contribution < -0.4 is 5.32 Å². The third kappa shape index (κ3) is 3.62. The van der Waals surface area contributed by atoms with Crippen LogP contribution in [0.2, 0.25) is 5.02 Å². The second-order valence-electron chi connectivity index (χ2n) is 4.65. The number of halogens is 3. The molecule has 8 heteroatoms. The summed E-state index contributed by atoms with van der Waals surface area (Å²) in [5.41, 5.74) is 0.870. The first-order chi connectivity index (χ1) is 11.0. The summed E-state index contributed by atoms with van der Waals surface area (Å²) in [7, 11) is 0.